The number of benzene rings is 3. The summed E-state index contributed by atoms with van der Waals surface area (Å²) in [5.41, 5.74) is 0. The Kier molecular flexibility index (Phi) is 12.2. The molecule has 0 radical (unpaired) electrons. The summed E-state index contributed by atoms with van der Waals surface area (Å²) in [4.78, 5) is 0. The van der Waals surface area contributed by atoms with Crippen LogP contribution in [0.4, 0.5) is 0 Å². The number of hydrogen-bond acceptors (Lipinski definition) is 0. The average molecular weight is 508 g/mol. The number of allylic oxidation sites excluding steroid dienone is 4. The zero-order valence-corrected chi connectivity index (χ0v) is 16.7. The summed E-state index contributed by atoms with van der Waals surface area (Å²) in [6, 6.07) is 29.9. The van der Waals surface area contributed by atoms with Crippen LogP contribution in [0.25, 0.3) is 10.8 Å². The molecule has 3 aromatic carbocycles. The molecular formula is C24H24Pt. The molecule has 0 saturated carbocycles. The van der Waals surface area contributed by atoms with Crippen molar-refractivity contribution in [2.75, 3.05) is 0 Å². The van der Waals surface area contributed by atoms with Gasteiger partial charge in [0.1, 0.15) is 0 Å². The Morgan fingerprint density at radius 2 is 1.12 bits per heavy atom. The Morgan fingerprint density at radius 3 is 1.60 bits per heavy atom. The van der Waals surface area contributed by atoms with Crippen molar-refractivity contribution < 1.29 is 21.1 Å². The van der Waals surface area contributed by atoms with Crippen molar-refractivity contribution >= 4 is 10.8 Å². The van der Waals surface area contributed by atoms with Crippen molar-refractivity contribution in [2.24, 2.45) is 0 Å². The van der Waals surface area contributed by atoms with E-state index in [1.807, 2.05) is 54.6 Å². The fourth-order valence-corrected chi connectivity index (χ4v) is 2.26. The van der Waals surface area contributed by atoms with E-state index < -0.39 is 0 Å². The number of rotatable bonds is 0. The van der Waals surface area contributed by atoms with E-state index in [1.54, 1.807) is 0 Å². The zero-order valence-electron chi connectivity index (χ0n) is 14.4. The van der Waals surface area contributed by atoms with Crippen LogP contribution < -0.4 is 0 Å². The first kappa shape index (κ1) is 21.1. The van der Waals surface area contributed by atoms with Crippen LogP contribution in [0.3, 0.4) is 0 Å². The van der Waals surface area contributed by atoms with Gasteiger partial charge in [0, 0.05) is 0 Å². The molecule has 0 aromatic heterocycles. The standard InChI is InChI=1S/C10H7.C8H12.C6H5.Pt/c1-2-6-10-8-4-3-7-9(10)5-1;1-2-4-6-8-7-5-3-1;1-2-4-6-5-3-1;/h1-7H;1-2,7-8H,3-6H2;1-5H;/q-1;;-1;+2. The summed E-state index contributed by atoms with van der Waals surface area (Å²) in [5, 5.41) is 2.44. The predicted molar refractivity (Wildman–Crippen MR) is 105 cm³/mol. The summed E-state index contributed by atoms with van der Waals surface area (Å²) in [6.45, 7) is 0. The van der Waals surface area contributed by atoms with Crippen LogP contribution in [0.2, 0.25) is 0 Å². The normalized spacial score (nSPS) is 12.3. The third kappa shape index (κ3) is 9.85. The molecule has 0 saturated heterocycles. The van der Waals surface area contributed by atoms with Gasteiger partial charge in [-0.2, -0.15) is 36.4 Å². The number of fused-ring (bicyclic) bond motifs is 1. The minimum absolute atomic E-state index is 0. The van der Waals surface area contributed by atoms with E-state index in [0.29, 0.717) is 0 Å². The van der Waals surface area contributed by atoms with Gasteiger partial charge in [-0.15, -0.1) is 47.2 Å². The first-order valence-electron chi connectivity index (χ1n) is 8.53. The third-order valence-corrected chi connectivity index (χ3v) is 3.51. The van der Waals surface area contributed by atoms with Crippen LogP contribution in [-0.4, -0.2) is 0 Å². The SMILES string of the molecule is C1=CCCC=CCC1.[Pt+2].[c-]1cccc2ccccc12.[c-]1ccccc1. The first-order valence-corrected chi connectivity index (χ1v) is 8.53. The Bertz CT molecular complexity index is 611. The molecule has 1 heteroatoms. The second-order valence-corrected chi connectivity index (χ2v) is 5.43. The minimum Gasteiger partial charge on any atom is -0.184 e. The molecular weight excluding hydrogens is 483 g/mol. The molecule has 1 aliphatic rings. The van der Waals surface area contributed by atoms with Gasteiger partial charge < -0.3 is 0 Å². The molecule has 25 heavy (non-hydrogen) atoms. The fourth-order valence-electron chi connectivity index (χ4n) is 2.26. The van der Waals surface area contributed by atoms with Crippen LogP contribution >= 0.6 is 0 Å². The van der Waals surface area contributed by atoms with E-state index in [1.165, 1.54) is 36.5 Å². The molecule has 0 aliphatic heterocycles. The molecule has 0 atom stereocenters. The van der Waals surface area contributed by atoms with Crippen LogP contribution in [0.1, 0.15) is 25.7 Å². The van der Waals surface area contributed by atoms with E-state index >= 15 is 0 Å². The molecule has 0 nitrogen and oxygen atoms in total. The second kappa shape index (κ2) is 14.4. The van der Waals surface area contributed by atoms with Crippen molar-refractivity contribution in [1.82, 2.24) is 0 Å². The molecule has 0 unspecified atom stereocenters. The molecule has 1 aliphatic carbocycles. The summed E-state index contributed by atoms with van der Waals surface area (Å²) < 4.78 is 0. The predicted octanol–water partition coefficient (Wildman–Crippen LogP) is 6.80. The monoisotopic (exact) mass is 507 g/mol. The van der Waals surface area contributed by atoms with Gasteiger partial charge >= 0.3 is 21.1 Å². The second-order valence-electron chi connectivity index (χ2n) is 5.43. The molecule has 0 spiro atoms. The van der Waals surface area contributed by atoms with Crippen LogP contribution in [-0.2, 0) is 21.1 Å². The molecule has 0 bridgehead atoms. The first-order chi connectivity index (χ1) is 12.0. The van der Waals surface area contributed by atoms with Crippen molar-refractivity contribution in [3.63, 3.8) is 0 Å². The van der Waals surface area contributed by atoms with E-state index in [9.17, 15) is 0 Å². The average Bonchev–Trinajstić information content (AvgIpc) is 2.64. The van der Waals surface area contributed by atoms with E-state index in [2.05, 4.69) is 54.6 Å². The van der Waals surface area contributed by atoms with Crippen LogP contribution in [0.5, 0.6) is 0 Å². The van der Waals surface area contributed by atoms with Gasteiger partial charge in [0.05, 0.1) is 0 Å². The fraction of sp³-hybridized carbons (Fsp3) is 0.167. The van der Waals surface area contributed by atoms with Gasteiger partial charge in [-0.1, -0.05) is 36.4 Å². The number of hydrogen-bond donors (Lipinski definition) is 0. The minimum atomic E-state index is 0. The van der Waals surface area contributed by atoms with Crippen LogP contribution in [0, 0.1) is 12.1 Å². The Labute approximate surface area is 166 Å². The Balaban J connectivity index is 0.000000190. The molecule has 0 N–H and O–H groups in total. The van der Waals surface area contributed by atoms with Gasteiger partial charge in [0.2, 0.25) is 0 Å². The summed E-state index contributed by atoms with van der Waals surface area (Å²) in [7, 11) is 0. The Hall–Kier alpha value is -1.91. The topological polar surface area (TPSA) is 0 Å². The Morgan fingerprint density at radius 1 is 0.560 bits per heavy atom. The molecule has 0 heterocycles. The molecule has 0 fully saturated rings. The zero-order chi connectivity index (χ0) is 16.7. The van der Waals surface area contributed by atoms with Gasteiger partial charge in [0.15, 0.2) is 0 Å². The molecule has 3 aromatic rings. The van der Waals surface area contributed by atoms with Crippen molar-refractivity contribution in [2.45, 2.75) is 25.7 Å². The molecule has 4 rings (SSSR count). The van der Waals surface area contributed by atoms with E-state index in [-0.39, 0.29) is 21.1 Å². The van der Waals surface area contributed by atoms with E-state index in [4.69, 9.17) is 0 Å². The summed E-state index contributed by atoms with van der Waals surface area (Å²) in [5.74, 6) is 0. The van der Waals surface area contributed by atoms with Crippen LogP contribution in [0.15, 0.2) is 97.1 Å². The maximum atomic E-state index is 3.15. The summed E-state index contributed by atoms with van der Waals surface area (Å²) in [6.07, 6.45) is 14.0. The van der Waals surface area contributed by atoms with Crippen molar-refractivity contribution in [3.8, 4) is 0 Å². The van der Waals surface area contributed by atoms with E-state index in [0.717, 1.165) is 0 Å². The molecule has 130 valence electrons. The third-order valence-electron chi connectivity index (χ3n) is 3.51. The largest absolute Gasteiger partial charge is 2.00 e. The quantitative estimate of drug-likeness (QED) is 0.232. The van der Waals surface area contributed by atoms with Gasteiger partial charge in [0.25, 0.3) is 0 Å². The van der Waals surface area contributed by atoms with Gasteiger partial charge in [-0.25, -0.2) is 0 Å². The van der Waals surface area contributed by atoms with Gasteiger partial charge in [-0.3, -0.25) is 0 Å². The summed E-state index contributed by atoms with van der Waals surface area (Å²) >= 11 is 0. The van der Waals surface area contributed by atoms with Crippen molar-refractivity contribution in [3.05, 3.63) is 109 Å². The maximum absolute atomic E-state index is 3.15. The van der Waals surface area contributed by atoms with Crippen molar-refractivity contribution in [1.29, 1.82) is 0 Å². The molecule has 0 amide bonds. The smallest absolute Gasteiger partial charge is 0.184 e. The maximum Gasteiger partial charge on any atom is 2.00 e. The van der Waals surface area contributed by atoms with Gasteiger partial charge in [-0.05, 0) is 25.7 Å².